The molecule has 0 radical (unpaired) electrons. The highest BCUT2D eigenvalue weighted by Crippen LogP contribution is 2.23. The van der Waals surface area contributed by atoms with E-state index in [0.717, 1.165) is 11.5 Å². The summed E-state index contributed by atoms with van der Waals surface area (Å²) in [6.45, 7) is 0. The van der Waals surface area contributed by atoms with Gasteiger partial charge in [0.25, 0.3) is 0 Å². The molecule has 1 aromatic heterocycles. The molecule has 2 aromatic rings. The lowest BCUT2D eigenvalue weighted by Crippen LogP contribution is -2.12. The SMILES string of the molecule is Cn1nccc1Nc1ccc(Cl)cc1C(N)=S. The number of hydrogen-bond acceptors (Lipinski definition) is 3. The van der Waals surface area contributed by atoms with Crippen LogP contribution in [-0.2, 0) is 7.05 Å². The lowest BCUT2D eigenvalue weighted by atomic mass is 10.2. The first-order valence-corrected chi connectivity index (χ1v) is 5.71. The molecule has 0 saturated heterocycles. The zero-order valence-electron chi connectivity index (χ0n) is 9.14. The Morgan fingerprint density at radius 1 is 1.47 bits per heavy atom. The van der Waals surface area contributed by atoms with Gasteiger partial charge in [0.05, 0.1) is 6.20 Å². The summed E-state index contributed by atoms with van der Waals surface area (Å²) in [7, 11) is 1.85. The summed E-state index contributed by atoms with van der Waals surface area (Å²) in [6, 6.07) is 7.21. The molecule has 0 atom stereocenters. The number of thiocarbonyl (C=S) groups is 1. The van der Waals surface area contributed by atoms with Crippen LogP contribution in [0.25, 0.3) is 0 Å². The molecule has 88 valence electrons. The van der Waals surface area contributed by atoms with Crippen molar-refractivity contribution in [1.82, 2.24) is 9.78 Å². The van der Waals surface area contributed by atoms with Crippen LogP contribution in [0.5, 0.6) is 0 Å². The molecule has 0 spiro atoms. The Bertz CT molecular complexity index is 564. The van der Waals surface area contributed by atoms with Crippen molar-refractivity contribution in [2.24, 2.45) is 12.8 Å². The van der Waals surface area contributed by atoms with Gasteiger partial charge in [0.2, 0.25) is 0 Å². The summed E-state index contributed by atoms with van der Waals surface area (Å²) < 4.78 is 1.72. The van der Waals surface area contributed by atoms with Crippen LogP contribution in [0, 0.1) is 0 Å². The van der Waals surface area contributed by atoms with Crippen LogP contribution in [0.3, 0.4) is 0 Å². The number of rotatable bonds is 3. The number of hydrogen-bond donors (Lipinski definition) is 2. The topological polar surface area (TPSA) is 55.9 Å². The van der Waals surface area contributed by atoms with Crippen molar-refractivity contribution in [1.29, 1.82) is 0 Å². The van der Waals surface area contributed by atoms with Gasteiger partial charge in [0, 0.05) is 29.4 Å². The first kappa shape index (κ1) is 11.9. The lowest BCUT2D eigenvalue weighted by Gasteiger charge is -2.11. The third-order valence-electron chi connectivity index (χ3n) is 2.33. The van der Waals surface area contributed by atoms with Crippen molar-refractivity contribution < 1.29 is 0 Å². The number of anilines is 2. The maximum Gasteiger partial charge on any atom is 0.128 e. The fraction of sp³-hybridized carbons (Fsp3) is 0.0909. The van der Waals surface area contributed by atoms with E-state index in [1.165, 1.54) is 0 Å². The predicted octanol–water partition coefficient (Wildman–Crippen LogP) is 2.45. The van der Waals surface area contributed by atoms with Crippen LogP contribution in [0.15, 0.2) is 30.5 Å². The summed E-state index contributed by atoms with van der Waals surface area (Å²) in [5, 5.41) is 7.87. The van der Waals surface area contributed by atoms with Crippen LogP contribution in [0.2, 0.25) is 5.02 Å². The van der Waals surface area contributed by atoms with Crippen LogP contribution in [-0.4, -0.2) is 14.8 Å². The van der Waals surface area contributed by atoms with Crippen LogP contribution in [0.1, 0.15) is 5.56 Å². The number of nitrogens with two attached hydrogens (primary N) is 1. The first-order chi connectivity index (χ1) is 8.08. The molecule has 3 N–H and O–H groups in total. The summed E-state index contributed by atoms with van der Waals surface area (Å²) >= 11 is 10.9. The number of nitrogens with zero attached hydrogens (tertiary/aromatic N) is 2. The molecule has 0 aliphatic heterocycles. The van der Waals surface area contributed by atoms with Gasteiger partial charge in [-0.2, -0.15) is 5.10 Å². The molecule has 2 rings (SSSR count). The van der Waals surface area contributed by atoms with Gasteiger partial charge in [-0.15, -0.1) is 0 Å². The van der Waals surface area contributed by atoms with E-state index in [9.17, 15) is 0 Å². The second-order valence-corrected chi connectivity index (χ2v) is 4.40. The van der Waals surface area contributed by atoms with Gasteiger partial charge in [0.15, 0.2) is 0 Å². The van der Waals surface area contributed by atoms with E-state index in [4.69, 9.17) is 29.6 Å². The van der Waals surface area contributed by atoms with Gasteiger partial charge in [-0.25, -0.2) is 0 Å². The van der Waals surface area contributed by atoms with Crippen molar-refractivity contribution in [3.8, 4) is 0 Å². The van der Waals surface area contributed by atoms with Gasteiger partial charge in [-0.1, -0.05) is 23.8 Å². The molecule has 1 heterocycles. The highest BCUT2D eigenvalue weighted by molar-refractivity contribution is 7.80. The average Bonchev–Trinajstić information content (AvgIpc) is 2.67. The molecule has 17 heavy (non-hydrogen) atoms. The summed E-state index contributed by atoms with van der Waals surface area (Å²) in [5.41, 5.74) is 7.19. The third-order valence-corrected chi connectivity index (χ3v) is 2.79. The predicted molar refractivity (Wildman–Crippen MR) is 73.8 cm³/mol. The summed E-state index contributed by atoms with van der Waals surface area (Å²) in [5.74, 6) is 0.852. The second-order valence-electron chi connectivity index (χ2n) is 3.52. The maximum atomic E-state index is 5.91. The van der Waals surface area contributed by atoms with Crippen LogP contribution < -0.4 is 11.1 Å². The number of aryl methyl sites for hydroxylation is 1. The van der Waals surface area contributed by atoms with Gasteiger partial charge < -0.3 is 11.1 Å². The Hall–Kier alpha value is -1.59. The molecule has 0 bridgehead atoms. The first-order valence-electron chi connectivity index (χ1n) is 4.92. The lowest BCUT2D eigenvalue weighted by molar-refractivity contribution is 0.776. The normalized spacial score (nSPS) is 10.2. The van der Waals surface area contributed by atoms with Crippen molar-refractivity contribution in [2.75, 3.05) is 5.32 Å². The Morgan fingerprint density at radius 3 is 2.82 bits per heavy atom. The van der Waals surface area contributed by atoms with E-state index in [1.807, 2.05) is 19.2 Å². The molecule has 0 aliphatic carbocycles. The van der Waals surface area contributed by atoms with Crippen LogP contribution >= 0.6 is 23.8 Å². The minimum atomic E-state index is 0.303. The van der Waals surface area contributed by atoms with Crippen molar-refractivity contribution >= 4 is 40.3 Å². The molecular weight excluding hydrogens is 256 g/mol. The minimum Gasteiger partial charge on any atom is -0.389 e. The zero-order chi connectivity index (χ0) is 12.4. The van der Waals surface area contributed by atoms with E-state index < -0.39 is 0 Å². The minimum absolute atomic E-state index is 0.303. The molecule has 0 saturated carbocycles. The molecule has 0 aliphatic rings. The Balaban J connectivity index is 2.39. The highest BCUT2D eigenvalue weighted by atomic mass is 35.5. The maximum absolute atomic E-state index is 5.91. The van der Waals surface area contributed by atoms with Crippen molar-refractivity contribution in [2.45, 2.75) is 0 Å². The number of nitrogens with one attached hydrogen (secondary N) is 1. The Labute approximate surface area is 109 Å². The Kier molecular flexibility index (Phi) is 3.31. The fourth-order valence-corrected chi connectivity index (χ4v) is 1.80. The summed E-state index contributed by atoms with van der Waals surface area (Å²) in [6.07, 6.45) is 1.71. The molecule has 4 nitrogen and oxygen atoms in total. The molecule has 0 unspecified atom stereocenters. The number of halogens is 1. The molecule has 6 heteroatoms. The van der Waals surface area contributed by atoms with E-state index in [2.05, 4.69) is 10.4 Å². The summed E-state index contributed by atoms with van der Waals surface area (Å²) in [4.78, 5) is 0.303. The van der Waals surface area contributed by atoms with E-state index in [0.29, 0.717) is 15.6 Å². The Morgan fingerprint density at radius 2 is 2.24 bits per heavy atom. The van der Waals surface area contributed by atoms with E-state index >= 15 is 0 Å². The zero-order valence-corrected chi connectivity index (χ0v) is 10.7. The van der Waals surface area contributed by atoms with E-state index in [-0.39, 0.29) is 0 Å². The van der Waals surface area contributed by atoms with Gasteiger partial charge in [-0.05, 0) is 18.2 Å². The van der Waals surface area contributed by atoms with Gasteiger partial charge in [0.1, 0.15) is 10.8 Å². The number of aromatic nitrogens is 2. The number of benzene rings is 1. The molecule has 1 aromatic carbocycles. The van der Waals surface area contributed by atoms with Crippen LogP contribution in [0.4, 0.5) is 11.5 Å². The second kappa shape index (κ2) is 4.73. The quantitative estimate of drug-likeness (QED) is 0.838. The smallest absolute Gasteiger partial charge is 0.128 e. The van der Waals surface area contributed by atoms with Gasteiger partial charge in [-0.3, -0.25) is 4.68 Å². The average molecular weight is 267 g/mol. The molecular formula is C11H11ClN4S. The molecule has 0 amide bonds. The third kappa shape index (κ3) is 2.57. The fourth-order valence-electron chi connectivity index (χ4n) is 1.46. The highest BCUT2D eigenvalue weighted by Gasteiger charge is 2.07. The van der Waals surface area contributed by atoms with Crippen molar-refractivity contribution in [3.63, 3.8) is 0 Å². The van der Waals surface area contributed by atoms with E-state index in [1.54, 1.807) is 23.0 Å². The molecule has 0 fully saturated rings. The largest absolute Gasteiger partial charge is 0.389 e. The standard InChI is InChI=1S/C11H11ClN4S/c1-16-10(4-5-14-16)15-9-3-2-7(12)6-8(9)11(13)17/h2-6,15H,1H3,(H2,13,17). The monoisotopic (exact) mass is 266 g/mol. The van der Waals surface area contributed by atoms with Crippen molar-refractivity contribution in [3.05, 3.63) is 41.0 Å². The van der Waals surface area contributed by atoms with Gasteiger partial charge >= 0.3 is 0 Å².